The molecule has 7 nitrogen and oxygen atoms in total. The van der Waals surface area contributed by atoms with Crippen LogP contribution in [-0.4, -0.2) is 38.9 Å². The first-order valence-electron chi connectivity index (χ1n) is 9.57. The van der Waals surface area contributed by atoms with Crippen molar-refractivity contribution in [2.45, 2.75) is 19.3 Å². The zero-order valence-corrected chi connectivity index (χ0v) is 18.2. The fourth-order valence-corrected chi connectivity index (χ4v) is 5.13. The number of thiophene rings is 2. The van der Waals surface area contributed by atoms with Crippen LogP contribution >= 0.6 is 22.7 Å². The molecule has 0 aliphatic heterocycles. The molecular weight excluding hydrogens is 422 g/mol. The molecule has 1 aliphatic carbocycles. The first-order chi connectivity index (χ1) is 14.6. The van der Waals surface area contributed by atoms with Crippen LogP contribution in [0.25, 0.3) is 6.08 Å². The Morgan fingerprint density at radius 3 is 3.03 bits per heavy atom. The first-order valence-corrected chi connectivity index (χ1v) is 11.3. The van der Waals surface area contributed by atoms with Gasteiger partial charge in [-0.25, -0.2) is 4.79 Å². The van der Waals surface area contributed by atoms with E-state index in [1.54, 1.807) is 24.5 Å². The summed E-state index contributed by atoms with van der Waals surface area (Å²) in [5.41, 5.74) is 1.55. The molecule has 0 bridgehead atoms. The number of hydrogen-bond acceptors (Lipinski definition) is 7. The summed E-state index contributed by atoms with van der Waals surface area (Å²) in [5.74, 6) is -0.0655. The lowest BCUT2D eigenvalue weighted by atomic mass is 9.88. The minimum absolute atomic E-state index is 0.193. The minimum Gasteiger partial charge on any atom is -0.449 e. The van der Waals surface area contributed by atoms with Crippen LogP contribution in [0.1, 0.15) is 27.3 Å². The van der Waals surface area contributed by atoms with Gasteiger partial charge in [0, 0.05) is 29.5 Å². The third-order valence-corrected chi connectivity index (χ3v) is 6.69. The molecular formula is C21H23N3O4S2. The third-order valence-electron chi connectivity index (χ3n) is 4.68. The second kappa shape index (κ2) is 10.9. The molecule has 3 rings (SSSR count). The average molecular weight is 446 g/mol. The van der Waals surface area contributed by atoms with E-state index in [1.807, 2.05) is 17.5 Å². The Morgan fingerprint density at radius 2 is 2.30 bits per heavy atom. The van der Waals surface area contributed by atoms with Gasteiger partial charge < -0.3 is 20.1 Å². The van der Waals surface area contributed by atoms with Gasteiger partial charge >= 0.3 is 6.09 Å². The minimum atomic E-state index is -0.452. The van der Waals surface area contributed by atoms with E-state index in [9.17, 15) is 14.9 Å². The quantitative estimate of drug-likeness (QED) is 0.475. The van der Waals surface area contributed by atoms with Gasteiger partial charge in [-0.2, -0.15) is 5.26 Å². The van der Waals surface area contributed by atoms with Crippen LogP contribution in [0.2, 0.25) is 0 Å². The maximum atomic E-state index is 12.3. The van der Waals surface area contributed by atoms with Crippen LogP contribution in [0.15, 0.2) is 23.6 Å². The fraction of sp³-hybridized carbons (Fsp3) is 0.381. The summed E-state index contributed by atoms with van der Waals surface area (Å²) < 4.78 is 10.2. The van der Waals surface area contributed by atoms with Crippen LogP contribution in [-0.2, 0) is 27.1 Å². The van der Waals surface area contributed by atoms with Crippen molar-refractivity contribution in [2.75, 3.05) is 32.2 Å². The molecule has 0 aromatic carbocycles. The molecule has 2 aromatic rings. The lowest BCUT2D eigenvalue weighted by Gasteiger charge is -2.21. The number of nitrogens with one attached hydrogen (secondary N) is 2. The molecule has 0 radical (unpaired) electrons. The Hall–Kier alpha value is -2.67. The van der Waals surface area contributed by atoms with Crippen molar-refractivity contribution in [1.29, 1.82) is 5.26 Å². The van der Waals surface area contributed by atoms with Crippen molar-refractivity contribution >= 4 is 45.8 Å². The molecule has 0 saturated carbocycles. The number of amides is 2. The lowest BCUT2D eigenvalue weighted by molar-refractivity contribution is -0.111. The normalized spacial score (nSPS) is 15.4. The summed E-state index contributed by atoms with van der Waals surface area (Å²) in [5, 5.41) is 17.6. The molecule has 0 fully saturated rings. The van der Waals surface area contributed by atoms with Gasteiger partial charge in [0.25, 0.3) is 0 Å². The van der Waals surface area contributed by atoms with Crippen molar-refractivity contribution in [3.05, 3.63) is 44.5 Å². The maximum Gasteiger partial charge on any atom is 0.407 e. The summed E-state index contributed by atoms with van der Waals surface area (Å²) in [6, 6.07) is 6.09. The zero-order chi connectivity index (χ0) is 21.3. The van der Waals surface area contributed by atoms with E-state index >= 15 is 0 Å². The van der Waals surface area contributed by atoms with Gasteiger partial charge in [-0.05, 0) is 48.3 Å². The van der Waals surface area contributed by atoms with Crippen LogP contribution in [0.5, 0.6) is 0 Å². The highest BCUT2D eigenvalue weighted by Crippen LogP contribution is 2.39. The van der Waals surface area contributed by atoms with Gasteiger partial charge in [-0.1, -0.05) is 6.07 Å². The summed E-state index contributed by atoms with van der Waals surface area (Å²) in [7, 11) is 1.57. The molecule has 2 heterocycles. The summed E-state index contributed by atoms with van der Waals surface area (Å²) in [4.78, 5) is 26.0. The molecule has 1 aliphatic rings. The predicted octanol–water partition coefficient (Wildman–Crippen LogP) is 3.81. The molecule has 2 amide bonds. The molecule has 0 spiro atoms. The molecule has 30 heavy (non-hydrogen) atoms. The van der Waals surface area contributed by atoms with Crippen molar-refractivity contribution in [1.82, 2.24) is 5.32 Å². The summed E-state index contributed by atoms with van der Waals surface area (Å²) in [6.45, 7) is 1.17. The van der Waals surface area contributed by atoms with Crippen molar-refractivity contribution in [3.63, 3.8) is 0 Å². The van der Waals surface area contributed by atoms with Gasteiger partial charge in [0.15, 0.2) is 0 Å². The van der Waals surface area contributed by atoms with Crippen molar-refractivity contribution in [2.24, 2.45) is 5.92 Å². The van der Waals surface area contributed by atoms with Crippen LogP contribution < -0.4 is 10.6 Å². The smallest absolute Gasteiger partial charge is 0.407 e. The van der Waals surface area contributed by atoms with Gasteiger partial charge in [0.05, 0.1) is 18.8 Å². The molecule has 9 heteroatoms. The molecule has 158 valence electrons. The number of carbonyl (C=O) groups is 2. The van der Waals surface area contributed by atoms with Crippen LogP contribution in [0.4, 0.5) is 9.80 Å². The van der Waals surface area contributed by atoms with Crippen LogP contribution in [0.3, 0.4) is 0 Å². The van der Waals surface area contributed by atoms with E-state index < -0.39 is 6.09 Å². The highest BCUT2D eigenvalue weighted by molar-refractivity contribution is 7.16. The second-order valence-electron chi connectivity index (χ2n) is 6.78. The van der Waals surface area contributed by atoms with E-state index in [2.05, 4.69) is 16.7 Å². The topological polar surface area (TPSA) is 100 Å². The Kier molecular flexibility index (Phi) is 8.02. The number of fused-ring (bicyclic) bond motifs is 1. The van der Waals surface area contributed by atoms with Gasteiger partial charge in [0.2, 0.25) is 5.91 Å². The van der Waals surface area contributed by atoms with E-state index in [4.69, 9.17) is 9.47 Å². The largest absolute Gasteiger partial charge is 0.449 e. The Balaban J connectivity index is 1.58. The lowest BCUT2D eigenvalue weighted by Crippen LogP contribution is -2.30. The van der Waals surface area contributed by atoms with E-state index in [0.29, 0.717) is 30.3 Å². The molecule has 1 atom stereocenters. The molecule has 1 unspecified atom stereocenters. The summed E-state index contributed by atoms with van der Waals surface area (Å²) >= 11 is 2.98. The SMILES string of the molecule is COCCNC(=O)OCC1CCc2c(sc(NC(=O)/C=C/c3cccs3)c2C#N)C1. The number of hydrogen-bond donors (Lipinski definition) is 2. The zero-order valence-electron chi connectivity index (χ0n) is 16.6. The number of anilines is 1. The fourth-order valence-electron chi connectivity index (χ4n) is 3.20. The van der Waals surface area contributed by atoms with E-state index in [0.717, 1.165) is 34.6 Å². The molecule has 0 saturated heterocycles. The Bertz CT molecular complexity index is 944. The highest BCUT2D eigenvalue weighted by atomic mass is 32.1. The monoisotopic (exact) mass is 445 g/mol. The number of carbonyl (C=O) groups excluding carboxylic acids is 2. The number of methoxy groups -OCH3 is 1. The van der Waals surface area contributed by atoms with Crippen molar-refractivity contribution in [3.8, 4) is 6.07 Å². The summed E-state index contributed by atoms with van der Waals surface area (Å²) in [6.07, 6.45) is 5.06. The maximum absolute atomic E-state index is 12.3. The average Bonchev–Trinajstić information content (AvgIpc) is 3.37. The van der Waals surface area contributed by atoms with Gasteiger partial charge in [-0.3, -0.25) is 4.79 Å². The van der Waals surface area contributed by atoms with E-state index in [1.165, 1.54) is 17.4 Å². The van der Waals surface area contributed by atoms with E-state index in [-0.39, 0.29) is 11.8 Å². The third kappa shape index (κ3) is 5.92. The Morgan fingerprint density at radius 1 is 1.43 bits per heavy atom. The second-order valence-corrected chi connectivity index (χ2v) is 8.87. The molecule has 2 N–H and O–H groups in total. The molecule has 2 aromatic heterocycles. The highest BCUT2D eigenvalue weighted by Gasteiger charge is 2.27. The number of nitrogens with zero attached hydrogens (tertiary/aromatic N) is 1. The number of ether oxygens (including phenoxy) is 2. The number of alkyl carbamates (subject to hydrolysis) is 1. The standard InChI is InChI=1S/C21H23N3O4S2/c1-27-9-8-23-21(26)28-13-14-4-6-16-17(12-22)20(30-18(16)11-14)24-19(25)7-5-15-3-2-10-29-15/h2-3,5,7,10,14H,4,6,8-9,11,13H2,1H3,(H,23,26)(H,24,25)/b7-5+. The van der Waals surface area contributed by atoms with Gasteiger partial charge in [0.1, 0.15) is 11.1 Å². The van der Waals surface area contributed by atoms with Crippen LogP contribution in [0, 0.1) is 17.2 Å². The first kappa shape index (κ1) is 22.0. The van der Waals surface area contributed by atoms with Crippen molar-refractivity contribution < 1.29 is 19.1 Å². The number of rotatable bonds is 8. The predicted molar refractivity (Wildman–Crippen MR) is 118 cm³/mol. The Labute approximate surface area is 183 Å². The number of nitriles is 1. The van der Waals surface area contributed by atoms with Gasteiger partial charge in [-0.15, -0.1) is 22.7 Å².